The van der Waals surface area contributed by atoms with Crippen LogP contribution in [0.3, 0.4) is 0 Å². The van der Waals surface area contributed by atoms with E-state index in [1.165, 1.54) is 11.0 Å². The minimum absolute atomic E-state index is 0.151. The molecule has 4 heteroatoms. The number of hydrogen-bond donors (Lipinski definition) is 0. The number of carbonyl (C=O) groups excluding carboxylic acids is 1. The molecule has 1 saturated heterocycles. The molecule has 1 unspecified atom stereocenters. The summed E-state index contributed by atoms with van der Waals surface area (Å²) in [5.41, 5.74) is -0.422. The molecular weight excluding hydrogens is 219 g/mol. The third kappa shape index (κ3) is 1.68. The molecular formula is C13H13FN2O. The van der Waals surface area contributed by atoms with Crippen LogP contribution in [0.15, 0.2) is 24.3 Å². The van der Waals surface area contributed by atoms with E-state index in [4.69, 9.17) is 5.26 Å². The van der Waals surface area contributed by atoms with Gasteiger partial charge in [0.25, 0.3) is 0 Å². The zero-order valence-electron chi connectivity index (χ0n) is 9.77. The van der Waals surface area contributed by atoms with Crippen LogP contribution in [0.25, 0.3) is 0 Å². The first-order valence-corrected chi connectivity index (χ1v) is 5.45. The molecule has 1 aromatic carbocycles. The maximum atomic E-state index is 13.7. The van der Waals surface area contributed by atoms with E-state index in [1.807, 2.05) is 0 Å². The molecule has 17 heavy (non-hydrogen) atoms. The Labute approximate surface area is 99.5 Å². The van der Waals surface area contributed by atoms with Gasteiger partial charge in [0.2, 0.25) is 5.91 Å². The Morgan fingerprint density at radius 2 is 2.12 bits per heavy atom. The lowest BCUT2D eigenvalue weighted by Crippen LogP contribution is -2.44. The lowest BCUT2D eigenvalue weighted by atomic mass is 9.89. The number of rotatable bonds is 1. The highest BCUT2D eigenvalue weighted by Crippen LogP contribution is 2.39. The van der Waals surface area contributed by atoms with Crippen LogP contribution in [0.2, 0.25) is 0 Å². The Kier molecular flexibility index (Phi) is 2.62. The summed E-state index contributed by atoms with van der Waals surface area (Å²) in [5.74, 6) is -1.05. The molecule has 0 aromatic heterocycles. The first-order chi connectivity index (χ1) is 7.98. The molecule has 1 atom stereocenters. The van der Waals surface area contributed by atoms with Crippen LogP contribution in [-0.4, -0.2) is 11.4 Å². The molecule has 0 saturated carbocycles. The molecule has 1 aliphatic heterocycles. The SMILES string of the molecule is CC1(C)C(C#N)CC(=O)N1c1ccccc1F. The maximum Gasteiger partial charge on any atom is 0.229 e. The zero-order valence-corrected chi connectivity index (χ0v) is 9.77. The normalized spacial score (nSPS) is 22.6. The van der Waals surface area contributed by atoms with Gasteiger partial charge in [-0.25, -0.2) is 4.39 Å². The average molecular weight is 232 g/mol. The number of anilines is 1. The van der Waals surface area contributed by atoms with Gasteiger partial charge in [-0.2, -0.15) is 5.26 Å². The third-order valence-electron chi connectivity index (χ3n) is 3.31. The van der Waals surface area contributed by atoms with Crippen molar-refractivity contribution in [3.63, 3.8) is 0 Å². The van der Waals surface area contributed by atoms with Gasteiger partial charge in [0.1, 0.15) is 5.82 Å². The van der Waals surface area contributed by atoms with Crippen LogP contribution in [0.5, 0.6) is 0 Å². The Bertz CT molecular complexity index is 504. The van der Waals surface area contributed by atoms with Crippen molar-refractivity contribution < 1.29 is 9.18 Å². The zero-order chi connectivity index (χ0) is 12.6. The van der Waals surface area contributed by atoms with Crippen molar-refractivity contribution in [2.45, 2.75) is 25.8 Å². The van der Waals surface area contributed by atoms with E-state index >= 15 is 0 Å². The van der Waals surface area contributed by atoms with E-state index in [1.54, 1.807) is 32.0 Å². The van der Waals surface area contributed by atoms with Crippen LogP contribution in [-0.2, 0) is 4.79 Å². The van der Waals surface area contributed by atoms with Crippen LogP contribution < -0.4 is 4.90 Å². The summed E-state index contributed by atoms with van der Waals surface area (Å²) >= 11 is 0. The predicted octanol–water partition coefficient (Wildman–Crippen LogP) is 2.48. The van der Waals surface area contributed by atoms with Crippen LogP contribution in [0.1, 0.15) is 20.3 Å². The number of nitriles is 1. The van der Waals surface area contributed by atoms with E-state index in [0.717, 1.165) is 0 Å². The standard InChI is InChI=1S/C13H13FN2O/c1-13(2)9(8-15)7-12(17)16(13)11-6-4-3-5-10(11)14/h3-6,9H,7H2,1-2H3. The highest BCUT2D eigenvalue weighted by atomic mass is 19.1. The number of hydrogen-bond acceptors (Lipinski definition) is 2. The molecule has 3 nitrogen and oxygen atoms in total. The Morgan fingerprint density at radius 3 is 2.65 bits per heavy atom. The number of benzene rings is 1. The van der Waals surface area contributed by atoms with E-state index in [9.17, 15) is 9.18 Å². The fourth-order valence-corrected chi connectivity index (χ4v) is 2.27. The monoisotopic (exact) mass is 232 g/mol. The van der Waals surface area contributed by atoms with Crippen LogP contribution >= 0.6 is 0 Å². The lowest BCUT2D eigenvalue weighted by Gasteiger charge is -2.33. The molecule has 1 amide bonds. The Morgan fingerprint density at radius 1 is 1.47 bits per heavy atom. The van der Waals surface area contributed by atoms with Gasteiger partial charge in [-0.3, -0.25) is 4.79 Å². The molecule has 1 heterocycles. The number of carbonyl (C=O) groups is 1. The maximum absolute atomic E-state index is 13.7. The molecule has 1 aromatic rings. The molecule has 88 valence electrons. The fourth-order valence-electron chi connectivity index (χ4n) is 2.27. The summed E-state index contributed by atoms with van der Waals surface area (Å²) in [4.78, 5) is 13.3. The molecule has 0 radical (unpaired) electrons. The van der Waals surface area contributed by atoms with Gasteiger partial charge in [0.15, 0.2) is 0 Å². The van der Waals surface area contributed by atoms with E-state index in [2.05, 4.69) is 6.07 Å². The van der Waals surface area contributed by atoms with Gasteiger partial charge in [0.05, 0.1) is 23.2 Å². The van der Waals surface area contributed by atoms with Crippen molar-refractivity contribution in [1.29, 1.82) is 5.26 Å². The topological polar surface area (TPSA) is 44.1 Å². The van der Waals surface area contributed by atoms with Crippen molar-refractivity contribution in [2.75, 3.05) is 4.90 Å². The average Bonchev–Trinajstić information content (AvgIpc) is 2.50. The van der Waals surface area contributed by atoms with Gasteiger partial charge in [-0.15, -0.1) is 0 Å². The van der Waals surface area contributed by atoms with Crippen molar-refractivity contribution in [1.82, 2.24) is 0 Å². The van der Waals surface area contributed by atoms with Crippen LogP contribution in [0.4, 0.5) is 10.1 Å². The highest BCUT2D eigenvalue weighted by molar-refractivity contribution is 5.98. The van der Waals surface area contributed by atoms with Crippen molar-refractivity contribution in [2.24, 2.45) is 5.92 Å². The summed E-state index contributed by atoms with van der Waals surface area (Å²) in [6, 6.07) is 8.26. The van der Waals surface area contributed by atoms with Gasteiger partial charge < -0.3 is 4.90 Å². The number of halogens is 1. The fraction of sp³-hybridized carbons (Fsp3) is 0.385. The lowest BCUT2D eigenvalue weighted by molar-refractivity contribution is -0.117. The summed E-state index contributed by atoms with van der Waals surface area (Å²) in [7, 11) is 0. The summed E-state index contributed by atoms with van der Waals surface area (Å²) in [6.45, 7) is 3.58. The largest absolute Gasteiger partial charge is 0.303 e. The van der Waals surface area contributed by atoms with E-state index < -0.39 is 17.3 Å². The van der Waals surface area contributed by atoms with Gasteiger partial charge >= 0.3 is 0 Å². The van der Waals surface area contributed by atoms with E-state index in [-0.39, 0.29) is 18.0 Å². The first kappa shape index (κ1) is 11.6. The van der Waals surface area contributed by atoms with Crippen molar-refractivity contribution >= 4 is 11.6 Å². The Balaban J connectivity index is 2.50. The minimum Gasteiger partial charge on any atom is -0.303 e. The second-order valence-corrected chi connectivity index (χ2v) is 4.72. The number of para-hydroxylation sites is 1. The Hall–Kier alpha value is -1.89. The van der Waals surface area contributed by atoms with Crippen molar-refractivity contribution in [3.05, 3.63) is 30.1 Å². The summed E-state index contributed by atoms with van der Waals surface area (Å²) < 4.78 is 13.7. The smallest absolute Gasteiger partial charge is 0.229 e. The molecule has 0 N–H and O–H groups in total. The van der Waals surface area contributed by atoms with E-state index in [0.29, 0.717) is 0 Å². The van der Waals surface area contributed by atoms with Gasteiger partial charge in [-0.05, 0) is 26.0 Å². The predicted molar refractivity (Wildman–Crippen MR) is 61.7 cm³/mol. The second-order valence-electron chi connectivity index (χ2n) is 4.72. The summed E-state index contributed by atoms with van der Waals surface area (Å²) in [5, 5.41) is 9.03. The summed E-state index contributed by atoms with van der Waals surface area (Å²) in [6.07, 6.45) is 0.151. The minimum atomic E-state index is -0.673. The van der Waals surface area contributed by atoms with Gasteiger partial charge in [0, 0.05) is 6.42 Å². The molecule has 0 bridgehead atoms. The molecule has 2 rings (SSSR count). The second kappa shape index (κ2) is 3.85. The first-order valence-electron chi connectivity index (χ1n) is 5.45. The molecule has 1 fully saturated rings. The van der Waals surface area contributed by atoms with Crippen molar-refractivity contribution in [3.8, 4) is 6.07 Å². The van der Waals surface area contributed by atoms with Gasteiger partial charge in [-0.1, -0.05) is 12.1 Å². The molecule has 1 aliphatic rings. The number of nitrogens with zero attached hydrogens (tertiary/aromatic N) is 2. The number of amides is 1. The molecule has 0 spiro atoms. The highest BCUT2D eigenvalue weighted by Gasteiger charge is 2.47. The third-order valence-corrected chi connectivity index (χ3v) is 3.31. The van der Waals surface area contributed by atoms with Crippen LogP contribution in [0, 0.1) is 23.1 Å². The molecule has 0 aliphatic carbocycles. The quantitative estimate of drug-likeness (QED) is 0.746.